The summed E-state index contributed by atoms with van der Waals surface area (Å²) in [5.41, 5.74) is 2.32. The summed E-state index contributed by atoms with van der Waals surface area (Å²) in [6.07, 6.45) is 2.81. The molecule has 18 heavy (non-hydrogen) atoms. The normalized spacial score (nSPS) is 13.9. The van der Waals surface area contributed by atoms with Gasteiger partial charge in [-0.25, -0.2) is 0 Å². The maximum absolute atomic E-state index is 2.61. The first-order chi connectivity index (χ1) is 8.23. The molecule has 0 aliphatic rings. The SMILES string of the molecule is CC(C)N(C(C)C)C(C=C[SiH3])N(C(C)C)C(C)C. The van der Waals surface area contributed by atoms with Gasteiger partial charge in [0.1, 0.15) is 0 Å². The van der Waals surface area contributed by atoms with Gasteiger partial charge in [-0.15, -0.1) is 5.70 Å². The van der Waals surface area contributed by atoms with Gasteiger partial charge in [0.2, 0.25) is 0 Å². The lowest BCUT2D eigenvalue weighted by Crippen LogP contribution is -2.57. The minimum Gasteiger partial charge on any atom is -0.280 e. The maximum Gasteiger partial charge on any atom is 0.0819 e. The zero-order valence-corrected chi connectivity index (χ0v) is 15.9. The van der Waals surface area contributed by atoms with Crippen LogP contribution in [-0.2, 0) is 0 Å². The standard InChI is InChI=1S/C15H34N2Si/c1-11(2)16(12(3)4)15(9-10-18)17(13(5)6)14(7)8/h9-15H,1-8,18H3. The molecule has 0 atom stereocenters. The van der Waals surface area contributed by atoms with Crippen molar-refractivity contribution in [1.29, 1.82) is 0 Å². The van der Waals surface area contributed by atoms with Gasteiger partial charge in [-0.1, -0.05) is 6.08 Å². The van der Waals surface area contributed by atoms with Gasteiger partial charge in [0.25, 0.3) is 0 Å². The highest BCUT2D eigenvalue weighted by molar-refractivity contribution is 6.17. The first-order valence-corrected chi connectivity index (χ1v) is 8.57. The molecule has 0 spiro atoms. The molecule has 0 aromatic rings. The summed E-state index contributed by atoms with van der Waals surface area (Å²) in [7, 11) is 1.13. The Morgan fingerprint density at radius 2 is 0.944 bits per heavy atom. The molecule has 0 amide bonds. The van der Waals surface area contributed by atoms with Crippen LogP contribution in [0.2, 0.25) is 0 Å². The van der Waals surface area contributed by atoms with Gasteiger partial charge in [-0.3, -0.25) is 9.80 Å². The van der Waals surface area contributed by atoms with Crippen molar-refractivity contribution in [2.24, 2.45) is 0 Å². The molecule has 0 aliphatic carbocycles. The molecule has 0 saturated carbocycles. The minimum absolute atomic E-state index is 0.419. The van der Waals surface area contributed by atoms with Crippen LogP contribution in [0, 0.1) is 0 Å². The first kappa shape index (κ1) is 17.9. The molecule has 0 radical (unpaired) electrons. The highest BCUT2D eigenvalue weighted by Crippen LogP contribution is 2.20. The average Bonchev–Trinajstić information content (AvgIpc) is 2.14. The fourth-order valence-electron chi connectivity index (χ4n) is 2.94. The summed E-state index contributed by atoms with van der Waals surface area (Å²) in [6, 6.07) is 2.25. The second-order valence-electron chi connectivity index (χ2n) is 6.21. The predicted octanol–water partition coefficient (Wildman–Crippen LogP) is 2.43. The van der Waals surface area contributed by atoms with E-state index in [9.17, 15) is 0 Å². The van der Waals surface area contributed by atoms with Gasteiger partial charge >= 0.3 is 0 Å². The third-order valence-corrected chi connectivity index (χ3v) is 3.75. The van der Waals surface area contributed by atoms with Crippen LogP contribution in [-0.4, -0.2) is 50.4 Å². The van der Waals surface area contributed by atoms with Crippen molar-refractivity contribution in [3.8, 4) is 0 Å². The lowest BCUT2D eigenvalue weighted by Gasteiger charge is -2.46. The lowest BCUT2D eigenvalue weighted by molar-refractivity contribution is -0.00718. The van der Waals surface area contributed by atoms with Crippen molar-refractivity contribution < 1.29 is 0 Å². The summed E-state index contributed by atoms with van der Waals surface area (Å²) < 4.78 is 0. The lowest BCUT2D eigenvalue weighted by atomic mass is 10.1. The monoisotopic (exact) mass is 270 g/mol. The Kier molecular flexibility index (Phi) is 8.07. The molecular formula is C15H34N2Si. The van der Waals surface area contributed by atoms with Crippen LogP contribution in [0.5, 0.6) is 0 Å². The van der Waals surface area contributed by atoms with Crippen LogP contribution in [0.1, 0.15) is 55.4 Å². The Morgan fingerprint density at radius 3 is 1.11 bits per heavy atom. The fraction of sp³-hybridized carbons (Fsp3) is 0.867. The van der Waals surface area contributed by atoms with E-state index < -0.39 is 0 Å². The van der Waals surface area contributed by atoms with Crippen LogP contribution in [0.3, 0.4) is 0 Å². The molecule has 3 heteroatoms. The van der Waals surface area contributed by atoms with Crippen molar-refractivity contribution in [2.75, 3.05) is 0 Å². The molecule has 2 nitrogen and oxygen atoms in total. The second-order valence-corrected chi connectivity index (χ2v) is 6.88. The summed E-state index contributed by atoms with van der Waals surface area (Å²) in [5, 5.41) is 0. The number of hydrogen-bond donors (Lipinski definition) is 0. The van der Waals surface area contributed by atoms with Gasteiger partial charge in [-0.05, 0) is 55.4 Å². The second kappa shape index (κ2) is 8.13. The molecular weight excluding hydrogens is 236 g/mol. The van der Waals surface area contributed by atoms with E-state index >= 15 is 0 Å². The maximum atomic E-state index is 2.61. The van der Waals surface area contributed by atoms with Crippen molar-refractivity contribution in [3.05, 3.63) is 11.8 Å². The van der Waals surface area contributed by atoms with Crippen LogP contribution >= 0.6 is 0 Å². The third-order valence-electron chi connectivity index (χ3n) is 3.36. The van der Waals surface area contributed by atoms with Crippen molar-refractivity contribution >= 4 is 10.2 Å². The van der Waals surface area contributed by atoms with E-state index in [2.05, 4.69) is 77.0 Å². The van der Waals surface area contributed by atoms with E-state index in [0.717, 1.165) is 10.2 Å². The van der Waals surface area contributed by atoms with E-state index in [1.807, 2.05) is 0 Å². The highest BCUT2D eigenvalue weighted by Gasteiger charge is 2.30. The average molecular weight is 271 g/mol. The van der Waals surface area contributed by atoms with Crippen LogP contribution in [0.15, 0.2) is 11.8 Å². The highest BCUT2D eigenvalue weighted by atomic mass is 28.1. The van der Waals surface area contributed by atoms with Gasteiger partial charge in [0, 0.05) is 34.4 Å². The molecule has 0 fully saturated rings. The zero-order chi connectivity index (χ0) is 14.5. The quantitative estimate of drug-likeness (QED) is 0.518. The van der Waals surface area contributed by atoms with Gasteiger partial charge in [0.15, 0.2) is 0 Å². The van der Waals surface area contributed by atoms with Crippen LogP contribution in [0.4, 0.5) is 0 Å². The molecule has 0 aliphatic heterocycles. The molecule has 0 saturated heterocycles. The zero-order valence-electron chi connectivity index (χ0n) is 13.9. The molecule has 0 heterocycles. The van der Waals surface area contributed by atoms with Crippen molar-refractivity contribution in [1.82, 2.24) is 9.80 Å². The van der Waals surface area contributed by atoms with E-state index in [0.29, 0.717) is 30.3 Å². The number of rotatable bonds is 7. The molecule has 0 rings (SSSR count). The molecule has 0 aromatic carbocycles. The van der Waals surface area contributed by atoms with Crippen molar-refractivity contribution in [2.45, 2.75) is 85.7 Å². The minimum atomic E-state index is 0.419. The third kappa shape index (κ3) is 4.86. The first-order valence-electron chi connectivity index (χ1n) is 7.41. The Hall–Kier alpha value is -0.123. The van der Waals surface area contributed by atoms with Gasteiger partial charge < -0.3 is 0 Å². The summed E-state index contributed by atoms with van der Waals surface area (Å²) in [5.74, 6) is 0. The molecule has 0 bridgehead atoms. The molecule has 108 valence electrons. The Labute approximate surface area is 118 Å². The van der Waals surface area contributed by atoms with E-state index in [4.69, 9.17) is 0 Å². The van der Waals surface area contributed by atoms with Crippen LogP contribution in [0.25, 0.3) is 0 Å². The molecule has 0 unspecified atom stereocenters. The van der Waals surface area contributed by atoms with Gasteiger partial charge in [0.05, 0.1) is 6.17 Å². The van der Waals surface area contributed by atoms with Gasteiger partial charge in [-0.2, -0.15) is 0 Å². The van der Waals surface area contributed by atoms with E-state index in [1.54, 1.807) is 0 Å². The van der Waals surface area contributed by atoms with Crippen LogP contribution < -0.4 is 0 Å². The van der Waals surface area contributed by atoms with E-state index in [-0.39, 0.29) is 0 Å². The summed E-state index contributed by atoms with van der Waals surface area (Å²) in [6.45, 7) is 18.4. The largest absolute Gasteiger partial charge is 0.280 e. The molecule has 0 aromatic heterocycles. The van der Waals surface area contributed by atoms with E-state index in [1.165, 1.54) is 0 Å². The Morgan fingerprint density at radius 1 is 0.667 bits per heavy atom. The topological polar surface area (TPSA) is 6.48 Å². The fourth-order valence-corrected chi connectivity index (χ4v) is 3.28. The van der Waals surface area contributed by atoms with Crippen molar-refractivity contribution in [3.63, 3.8) is 0 Å². The number of hydrogen-bond acceptors (Lipinski definition) is 2. The Bertz CT molecular complexity index is 211. The summed E-state index contributed by atoms with van der Waals surface area (Å²) in [4.78, 5) is 5.21. The molecule has 0 N–H and O–H groups in total. The number of nitrogens with zero attached hydrogens (tertiary/aromatic N) is 2. The Balaban J connectivity index is 5.36. The smallest absolute Gasteiger partial charge is 0.0819 e. The summed E-state index contributed by atoms with van der Waals surface area (Å²) >= 11 is 0. The predicted molar refractivity (Wildman–Crippen MR) is 87.1 cm³/mol.